The monoisotopic (exact) mass is 1050 g/mol. The van der Waals surface area contributed by atoms with Gasteiger partial charge in [0.2, 0.25) is 18.6 Å². The molecule has 410 valence electrons. The molecule has 77 heavy (non-hydrogen) atoms. The van der Waals surface area contributed by atoms with Gasteiger partial charge in [0.15, 0.2) is 11.5 Å². The third-order valence-corrected chi connectivity index (χ3v) is 14.4. The van der Waals surface area contributed by atoms with Crippen LogP contribution >= 0.6 is 0 Å². The molecular weight excluding hydrogens is 981 g/mol. The topological polar surface area (TPSA) is 206 Å². The van der Waals surface area contributed by atoms with Crippen molar-refractivity contribution in [3.05, 3.63) is 95.6 Å². The van der Waals surface area contributed by atoms with Gasteiger partial charge in [0.05, 0.1) is 37.1 Å². The van der Waals surface area contributed by atoms with Crippen LogP contribution in [-0.2, 0) is 36.9 Å². The van der Waals surface area contributed by atoms with Crippen molar-refractivity contribution < 1.29 is 47.7 Å². The van der Waals surface area contributed by atoms with Gasteiger partial charge < -0.3 is 49.1 Å². The Labute approximate surface area is 451 Å². The zero-order valence-electron chi connectivity index (χ0n) is 46.5. The normalized spacial score (nSPS) is 20.1. The number of fused-ring (bicyclic) bond motifs is 3. The van der Waals surface area contributed by atoms with Gasteiger partial charge in [-0.2, -0.15) is 0 Å². The summed E-state index contributed by atoms with van der Waals surface area (Å²) < 4.78 is 28.6. The van der Waals surface area contributed by atoms with Gasteiger partial charge in [0.1, 0.15) is 35.2 Å². The second-order valence-electron chi connectivity index (χ2n) is 24.9. The number of aromatic amines is 1. The van der Waals surface area contributed by atoms with Crippen LogP contribution in [0.25, 0.3) is 28.0 Å². The van der Waals surface area contributed by atoms with Crippen molar-refractivity contribution in [1.29, 1.82) is 0 Å². The maximum Gasteiger partial charge on any atom is 0.410 e. The van der Waals surface area contributed by atoms with Gasteiger partial charge >= 0.3 is 18.3 Å². The van der Waals surface area contributed by atoms with Crippen LogP contribution in [0.3, 0.4) is 0 Å². The quantitative estimate of drug-likeness (QED) is 0.127. The van der Waals surface area contributed by atoms with Gasteiger partial charge in [-0.05, 0) is 105 Å². The number of carbonyl (C=O) groups excluding carboxylic acids is 5. The van der Waals surface area contributed by atoms with E-state index in [9.17, 15) is 24.0 Å². The molecule has 0 radical (unpaired) electrons. The molecule has 2 fully saturated rings. The summed E-state index contributed by atoms with van der Waals surface area (Å²) in [5.74, 6) is 1.52. The van der Waals surface area contributed by atoms with E-state index in [0.717, 1.165) is 63.2 Å². The number of nitrogens with one attached hydrogen (secondary N) is 3. The highest BCUT2D eigenvalue weighted by atomic mass is 16.7. The molecule has 5 aliphatic rings. The maximum absolute atomic E-state index is 14.8. The summed E-state index contributed by atoms with van der Waals surface area (Å²) in [7, 11) is 0. The molecule has 0 unspecified atom stereocenters. The number of H-pyrrole nitrogens is 1. The molecule has 0 saturated carbocycles. The highest BCUT2D eigenvalue weighted by molar-refractivity contribution is 6.04. The number of ether oxygens (including phenoxy) is 5. The van der Waals surface area contributed by atoms with Crippen LogP contribution < -0.4 is 20.1 Å². The van der Waals surface area contributed by atoms with Gasteiger partial charge in [-0.25, -0.2) is 19.4 Å². The van der Waals surface area contributed by atoms with E-state index in [-0.39, 0.29) is 31.2 Å². The first-order chi connectivity index (χ1) is 36.2. The molecule has 0 aliphatic carbocycles. The molecule has 0 spiro atoms. The number of aromatic nitrogens is 2. The minimum atomic E-state index is -0.955. The van der Waals surface area contributed by atoms with Crippen LogP contribution in [0.1, 0.15) is 137 Å². The fourth-order valence-electron chi connectivity index (χ4n) is 10.6. The molecule has 3 aromatic carbocycles. The molecule has 2 saturated heterocycles. The molecule has 1 aromatic heterocycles. The fourth-order valence-corrected chi connectivity index (χ4v) is 10.6. The van der Waals surface area contributed by atoms with Crippen molar-refractivity contribution in [1.82, 2.24) is 35.3 Å². The number of rotatable bonds is 10. The predicted octanol–water partition coefficient (Wildman–Crippen LogP) is 10.3. The van der Waals surface area contributed by atoms with Gasteiger partial charge in [0.25, 0.3) is 0 Å². The fraction of sp³-hybridized carbons (Fsp3) is 0.508. The Hall–Kier alpha value is -7.37. The molecule has 0 bridgehead atoms. The molecule has 5 aliphatic heterocycles. The van der Waals surface area contributed by atoms with E-state index >= 15 is 0 Å². The van der Waals surface area contributed by atoms with E-state index in [4.69, 9.17) is 33.7 Å². The number of benzene rings is 3. The number of allylic oxidation sites excluding steroid dienone is 1. The summed E-state index contributed by atoms with van der Waals surface area (Å²) >= 11 is 0. The van der Waals surface area contributed by atoms with Crippen LogP contribution in [0.2, 0.25) is 0 Å². The van der Waals surface area contributed by atoms with Crippen molar-refractivity contribution in [2.45, 2.75) is 163 Å². The zero-order valence-corrected chi connectivity index (χ0v) is 46.5. The van der Waals surface area contributed by atoms with E-state index in [1.165, 1.54) is 0 Å². The van der Waals surface area contributed by atoms with Gasteiger partial charge in [-0.1, -0.05) is 96.1 Å². The van der Waals surface area contributed by atoms with Crippen LogP contribution in [0.5, 0.6) is 11.5 Å². The highest BCUT2D eigenvalue weighted by Crippen LogP contribution is 2.42. The lowest BCUT2D eigenvalue weighted by atomic mass is 9.85. The zero-order chi connectivity index (χ0) is 55.4. The summed E-state index contributed by atoms with van der Waals surface area (Å²) in [5.41, 5.74) is 5.67. The Morgan fingerprint density at radius 3 is 1.88 bits per heavy atom. The first-order valence-corrected chi connectivity index (χ1v) is 26.7. The van der Waals surface area contributed by atoms with E-state index < -0.39 is 64.5 Å². The highest BCUT2D eigenvalue weighted by Gasteiger charge is 2.47. The van der Waals surface area contributed by atoms with Crippen molar-refractivity contribution >= 4 is 41.4 Å². The molecule has 18 heteroatoms. The molecule has 3 N–H and O–H groups in total. The van der Waals surface area contributed by atoms with Crippen molar-refractivity contribution in [2.75, 3.05) is 19.9 Å². The Balaban J connectivity index is 0.858. The average molecular weight is 1060 g/mol. The Bertz CT molecular complexity index is 2970. The Morgan fingerprint density at radius 1 is 0.701 bits per heavy atom. The Kier molecular flexibility index (Phi) is 14.8. The number of amides is 5. The minimum Gasteiger partial charge on any atom is -0.454 e. The average Bonchev–Trinajstić information content (AvgIpc) is 4.26. The van der Waals surface area contributed by atoms with Crippen molar-refractivity contribution in [3.63, 3.8) is 0 Å². The van der Waals surface area contributed by atoms with Crippen molar-refractivity contribution in [2.24, 2.45) is 15.8 Å². The first kappa shape index (κ1) is 54.4. The summed E-state index contributed by atoms with van der Waals surface area (Å²) in [4.78, 5) is 87.1. The van der Waals surface area contributed by atoms with E-state index in [1.807, 2.05) is 76.9 Å². The Morgan fingerprint density at radius 2 is 1.29 bits per heavy atom. The van der Waals surface area contributed by atoms with E-state index in [1.54, 1.807) is 57.5 Å². The molecule has 4 aromatic rings. The molecular formula is C59H74N8O10. The third-order valence-electron chi connectivity index (χ3n) is 14.4. The molecule has 9 rings (SSSR count). The summed E-state index contributed by atoms with van der Waals surface area (Å²) in [5, 5.41) is 5.70. The molecule has 5 atom stereocenters. The maximum atomic E-state index is 14.8. The lowest BCUT2D eigenvalue weighted by molar-refractivity contribution is -0.137. The SMILES string of the molecule is CC(C)(C)OC(=O)N[C@H](C(=O)N1C[C@H](OC(=O)N2Cc3ccc4c(c3C2)OCO4)C[C@H]1C1=NC=C(c2ccc(-c3ccc(-c4cnc([C@@H]5CCCN5C(=O)[C@@H](NC(=O)OC(C)(C)C)C(C)(C)C)[nH]4)cc3)cc2)C1)C(C)(C)C. The third kappa shape index (κ3) is 12.3. The summed E-state index contributed by atoms with van der Waals surface area (Å²) in [6.07, 6.45) is 3.54. The molecule has 5 amide bonds. The van der Waals surface area contributed by atoms with Crippen LogP contribution in [0.4, 0.5) is 14.4 Å². The standard InChI is InChI=1S/C59H74N8O10/c1-56(2,3)48(63-53(70)76-58(7,8)9)51(68)66-25-13-14-44(66)50-61-29-43(62-50)37-21-19-35(20-22-37)34-15-17-36(18-16-34)39-26-42(60-28-39)45-27-40(31-67(45)52(69)49(57(4,5)6)64-54(71)77-59(10,11)12)75-55(72)65-30-38-23-24-46-47(41(38)32-65)74-33-73-46/h15-24,28-29,40,44-45,48-49H,13-14,25-27,30-33H2,1-12H3,(H,61,62)(H,63,70)(H,64,71)/t40-,44+,45+,48-,49-/m1/s1. The van der Waals surface area contributed by atoms with Crippen LogP contribution in [0, 0.1) is 10.8 Å². The lowest BCUT2D eigenvalue weighted by Crippen LogP contribution is -2.57. The van der Waals surface area contributed by atoms with Crippen LogP contribution in [0.15, 0.2) is 78.1 Å². The second-order valence-corrected chi connectivity index (χ2v) is 24.9. The number of likely N-dealkylation sites (tertiary alicyclic amines) is 2. The molecule has 6 heterocycles. The van der Waals surface area contributed by atoms with Gasteiger partial charge in [-0.3, -0.25) is 19.5 Å². The lowest BCUT2D eigenvalue weighted by Gasteiger charge is -2.36. The van der Waals surface area contributed by atoms with Crippen LogP contribution in [-0.4, -0.2) is 116 Å². The summed E-state index contributed by atoms with van der Waals surface area (Å²) in [6, 6.07) is 17.8. The summed E-state index contributed by atoms with van der Waals surface area (Å²) in [6.45, 7) is 23.6. The van der Waals surface area contributed by atoms with E-state index in [0.29, 0.717) is 49.8 Å². The van der Waals surface area contributed by atoms with Gasteiger partial charge in [0, 0.05) is 43.4 Å². The number of alkyl carbamates (subject to hydrolysis) is 2. The predicted molar refractivity (Wildman–Crippen MR) is 291 cm³/mol. The number of carbonyl (C=O) groups is 5. The number of aliphatic imine (C=N–C) groups is 1. The number of hydrogen-bond donors (Lipinski definition) is 3. The second kappa shape index (κ2) is 20.9. The first-order valence-electron chi connectivity index (χ1n) is 26.7. The number of nitrogens with zero attached hydrogens (tertiary/aromatic N) is 5. The van der Waals surface area contributed by atoms with Crippen molar-refractivity contribution in [3.8, 4) is 33.9 Å². The van der Waals surface area contributed by atoms with Gasteiger partial charge in [-0.15, -0.1) is 0 Å². The van der Waals surface area contributed by atoms with E-state index in [2.05, 4.69) is 52.0 Å². The smallest absolute Gasteiger partial charge is 0.410 e. The minimum absolute atomic E-state index is 0.114. The largest absolute Gasteiger partial charge is 0.454 e. The number of hydrogen-bond acceptors (Lipinski definition) is 12. The molecule has 18 nitrogen and oxygen atoms in total. The number of imidazole rings is 1.